The largest absolute Gasteiger partial charge is 0.461 e. The molecule has 0 unspecified atom stereocenters. The van der Waals surface area contributed by atoms with Crippen LogP contribution in [0.4, 0.5) is 0 Å². The number of hydrogen-bond donors (Lipinski definition) is 1. The molecule has 0 aromatic heterocycles. The minimum atomic E-state index is -0.369. The fraction of sp³-hybridized carbons (Fsp3) is 0.529. The Morgan fingerprint density at radius 2 is 2.23 bits per heavy atom. The second-order valence-corrected chi connectivity index (χ2v) is 5.70. The van der Waals surface area contributed by atoms with E-state index < -0.39 is 0 Å². The maximum absolute atomic E-state index is 11.8. The third-order valence-electron chi connectivity index (χ3n) is 4.09. The van der Waals surface area contributed by atoms with Gasteiger partial charge in [-0.3, -0.25) is 4.79 Å². The van der Waals surface area contributed by atoms with Gasteiger partial charge in [-0.05, 0) is 42.9 Å². The number of carbonyl (C=O) groups is 2. The van der Waals surface area contributed by atoms with Crippen molar-refractivity contribution in [2.24, 2.45) is 5.92 Å². The first-order chi connectivity index (χ1) is 10.5. The van der Waals surface area contributed by atoms with Gasteiger partial charge in [-0.25, -0.2) is 4.79 Å². The van der Waals surface area contributed by atoms with Gasteiger partial charge in [0, 0.05) is 18.4 Å². The van der Waals surface area contributed by atoms with Gasteiger partial charge in [-0.2, -0.15) is 0 Å². The van der Waals surface area contributed by atoms with Gasteiger partial charge in [0.25, 0.3) is 0 Å². The molecule has 0 spiro atoms. The molecule has 1 aliphatic heterocycles. The molecule has 0 saturated carbocycles. The summed E-state index contributed by atoms with van der Waals surface area (Å²) in [6.07, 6.45) is 6.44. The van der Waals surface area contributed by atoms with Crippen LogP contribution in [0.1, 0.15) is 32.6 Å². The highest BCUT2D eigenvalue weighted by Gasteiger charge is 2.37. The maximum atomic E-state index is 11.8. The minimum Gasteiger partial charge on any atom is -0.461 e. The molecule has 1 saturated heterocycles. The molecule has 5 nitrogen and oxygen atoms in total. The summed E-state index contributed by atoms with van der Waals surface area (Å²) in [6.45, 7) is 5.41. The third-order valence-corrected chi connectivity index (χ3v) is 4.09. The predicted molar refractivity (Wildman–Crippen MR) is 80.9 cm³/mol. The molecular weight excluding hydrogens is 284 g/mol. The molecule has 1 heterocycles. The first-order valence-corrected chi connectivity index (χ1v) is 7.52. The molecule has 0 radical (unpaired) electrons. The van der Waals surface area contributed by atoms with E-state index >= 15 is 0 Å². The van der Waals surface area contributed by atoms with E-state index in [9.17, 15) is 14.7 Å². The lowest BCUT2D eigenvalue weighted by atomic mass is 9.88. The topological polar surface area (TPSA) is 72.8 Å². The second-order valence-electron chi connectivity index (χ2n) is 5.70. The number of carbonyl (C=O) groups excluding carboxylic acids is 2. The summed E-state index contributed by atoms with van der Waals surface area (Å²) in [7, 11) is 0. The fourth-order valence-electron chi connectivity index (χ4n) is 2.80. The van der Waals surface area contributed by atoms with E-state index in [1.165, 1.54) is 6.92 Å². The van der Waals surface area contributed by atoms with Crippen LogP contribution in [0, 0.1) is 5.92 Å². The molecule has 2 rings (SSSR count). The summed E-state index contributed by atoms with van der Waals surface area (Å²) in [6, 6.07) is 0. The Hall–Kier alpha value is -1.88. The van der Waals surface area contributed by atoms with Crippen LogP contribution in [-0.4, -0.2) is 36.4 Å². The molecule has 22 heavy (non-hydrogen) atoms. The lowest BCUT2D eigenvalue weighted by molar-refractivity contribution is -0.140. The molecule has 1 aliphatic carbocycles. The van der Waals surface area contributed by atoms with Crippen molar-refractivity contribution < 1.29 is 24.2 Å². The molecule has 2 aliphatic rings. The van der Waals surface area contributed by atoms with Gasteiger partial charge in [0.15, 0.2) is 0 Å². The van der Waals surface area contributed by atoms with E-state index in [0.29, 0.717) is 18.4 Å². The SMILES string of the molecule is C=C1C(=O)O[C@H]2/C=C(\COC(C)=O)CC/C=C(\CO)CC[C@@H]12. The van der Waals surface area contributed by atoms with Crippen LogP contribution in [0.3, 0.4) is 0 Å². The smallest absolute Gasteiger partial charge is 0.334 e. The Bertz CT molecular complexity index is 529. The molecule has 1 fully saturated rings. The van der Waals surface area contributed by atoms with E-state index in [0.717, 1.165) is 24.0 Å². The van der Waals surface area contributed by atoms with E-state index in [2.05, 4.69) is 6.58 Å². The Morgan fingerprint density at radius 1 is 1.45 bits per heavy atom. The Balaban J connectivity index is 2.21. The average Bonchev–Trinajstić information content (AvgIpc) is 2.75. The molecular formula is C17H22O5. The van der Waals surface area contributed by atoms with Crippen molar-refractivity contribution in [2.75, 3.05) is 13.2 Å². The number of aliphatic hydroxyl groups excluding tert-OH is 1. The second kappa shape index (κ2) is 7.40. The number of fused-ring (bicyclic) bond motifs is 1. The lowest BCUT2D eigenvalue weighted by Gasteiger charge is -2.19. The Morgan fingerprint density at radius 3 is 2.91 bits per heavy atom. The number of esters is 2. The summed E-state index contributed by atoms with van der Waals surface area (Å²) in [5, 5.41) is 9.40. The zero-order chi connectivity index (χ0) is 16.1. The molecule has 2 atom stereocenters. The first-order valence-electron chi connectivity index (χ1n) is 7.52. The fourth-order valence-corrected chi connectivity index (χ4v) is 2.80. The van der Waals surface area contributed by atoms with Gasteiger partial charge in [-0.1, -0.05) is 12.7 Å². The molecule has 120 valence electrons. The summed E-state index contributed by atoms with van der Waals surface area (Å²) in [4.78, 5) is 22.8. The van der Waals surface area contributed by atoms with Crippen LogP contribution >= 0.6 is 0 Å². The van der Waals surface area contributed by atoms with Gasteiger partial charge in [0.2, 0.25) is 0 Å². The maximum Gasteiger partial charge on any atom is 0.334 e. The lowest BCUT2D eigenvalue weighted by Crippen LogP contribution is -2.17. The average molecular weight is 306 g/mol. The van der Waals surface area contributed by atoms with Crippen molar-refractivity contribution in [2.45, 2.75) is 38.7 Å². The van der Waals surface area contributed by atoms with Crippen molar-refractivity contribution >= 4 is 11.9 Å². The summed E-state index contributed by atoms with van der Waals surface area (Å²) in [5.74, 6) is -0.798. The number of ether oxygens (including phenoxy) is 2. The molecule has 1 N–H and O–H groups in total. The highest BCUT2D eigenvalue weighted by atomic mass is 16.6. The first kappa shape index (κ1) is 16.5. The predicted octanol–water partition coefficient (Wildman–Crippen LogP) is 2.07. The molecule has 0 amide bonds. The number of aliphatic hydroxyl groups is 1. The van der Waals surface area contributed by atoms with Gasteiger partial charge in [0.1, 0.15) is 12.7 Å². The van der Waals surface area contributed by atoms with Gasteiger partial charge >= 0.3 is 11.9 Å². The van der Waals surface area contributed by atoms with E-state index in [1.807, 2.05) is 12.2 Å². The molecule has 0 bridgehead atoms. The van der Waals surface area contributed by atoms with Crippen LogP contribution in [0.15, 0.2) is 35.5 Å². The molecule has 5 heteroatoms. The van der Waals surface area contributed by atoms with E-state index in [1.54, 1.807) is 0 Å². The highest BCUT2D eigenvalue weighted by molar-refractivity contribution is 5.91. The van der Waals surface area contributed by atoms with Crippen LogP contribution < -0.4 is 0 Å². The number of allylic oxidation sites excluding steroid dienone is 1. The Labute approximate surface area is 130 Å². The standard InChI is InChI=1S/C17H22O5/c1-11-15-7-6-13(9-18)4-3-5-14(10-21-12(2)19)8-16(15)22-17(11)20/h4,8,15-16,18H,1,3,5-7,9-10H2,2H3/b13-4-,14-8-/t15-,16-/m0/s1. The van der Waals surface area contributed by atoms with Crippen molar-refractivity contribution in [1.29, 1.82) is 0 Å². The quantitative estimate of drug-likeness (QED) is 0.491. The third kappa shape index (κ3) is 4.07. The monoisotopic (exact) mass is 306 g/mol. The van der Waals surface area contributed by atoms with Crippen molar-refractivity contribution in [3.8, 4) is 0 Å². The van der Waals surface area contributed by atoms with Crippen LogP contribution in [0.5, 0.6) is 0 Å². The Kier molecular flexibility index (Phi) is 5.55. The zero-order valence-corrected chi connectivity index (χ0v) is 12.8. The molecule has 0 aromatic rings. The van der Waals surface area contributed by atoms with E-state index in [-0.39, 0.29) is 37.2 Å². The van der Waals surface area contributed by atoms with Crippen LogP contribution in [-0.2, 0) is 19.1 Å². The molecule has 0 aromatic carbocycles. The van der Waals surface area contributed by atoms with Crippen molar-refractivity contribution in [1.82, 2.24) is 0 Å². The number of hydrogen-bond acceptors (Lipinski definition) is 5. The normalized spacial score (nSPS) is 30.5. The van der Waals surface area contributed by atoms with E-state index in [4.69, 9.17) is 9.47 Å². The van der Waals surface area contributed by atoms with Gasteiger partial charge in [-0.15, -0.1) is 0 Å². The van der Waals surface area contributed by atoms with Crippen LogP contribution in [0.25, 0.3) is 0 Å². The van der Waals surface area contributed by atoms with Crippen molar-refractivity contribution in [3.63, 3.8) is 0 Å². The van der Waals surface area contributed by atoms with Crippen molar-refractivity contribution in [3.05, 3.63) is 35.5 Å². The highest BCUT2D eigenvalue weighted by Crippen LogP contribution is 2.34. The van der Waals surface area contributed by atoms with Crippen LogP contribution in [0.2, 0.25) is 0 Å². The van der Waals surface area contributed by atoms with Gasteiger partial charge < -0.3 is 14.6 Å². The summed E-state index contributed by atoms with van der Waals surface area (Å²) in [5.41, 5.74) is 2.36. The minimum absolute atomic E-state index is 0.0155. The number of rotatable bonds is 3. The zero-order valence-electron chi connectivity index (χ0n) is 12.8. The summed E-state index contributed by atoms with van der Waals surface area (Å²) >= 11 is 0. The summed E-state index contributed by atoms with van der Waals surface area (Å²) < 4.78 is 10.4. The van der Waals surface area contributed by atoms with Gasteiger partial charge in [0.05, 0.1) is 6.61 Å².